The van der Waals surface area contributed by atoms with E-state index in [-0.39, 0.29) is 11.9 Å². The van der Waals surface area contributed by atoms with Crippen LogP contribution in [0, 0.1) is 0 Å². The van der Waals surface area contributed by atoms with Crippen LogP contribution in [0.5, 0.6) is 0 Å². The predicted octanol–water partition coefficient (Wildman–Crippen LogP) is 2.10. The van der Waals surface area contributed by atoms with E-state index in [1.807, 2.05) is 6.92 Å². The summed E-state index contributed by atoms with van der Waals surface area (Å²) in [6.07, 6.45) is 5.32. The second-order valence-corrected chi connectivity index (χ2v) is 5.14. The monoisotopic (exact) mass is 256 g/mol. The van der Waals surface area contributed by atoms with Crippen molar-refractivity contribution in [1.29, 1.82) is 0 Å². The van der Waals surface area contributed by atoms with E-state index in [4.69, 9.17) is 14.2 Å². The van der Waals surface area contributed by atoms with Gasteiger partial charge in [-0.3, -0.25) is 4.79 Å². The Balaban J connectivity index is 1.86. The van der Waals surface area contributed by atoms with E-state index < -0.39 is 5.60 Å². The molecule has 0 radical (unpaired) electrons. The lowest BCUT2D eigenvalue weighted by atomic mass is 9.86. The highest BCUT2D eigenvalue weighted by Gasteiger charge is 2.40. The van der Waals surface area contributed by atoms with Gasteiger partial charge < -0.3 is 14.2 Å². The zero-order valence-electron chi connectivity index (χ0n) is 11.3. The fourth-order valence-electron chi connectivity index (χ4n) is 2.87. The largest absolute Gasteiger partial charge is 0.381 e. The lowest BCUT2D eigenvalue weighted by Crippen LogP contribution is -2.46. The van der Waals surface area contributed by atoms with Gasteiger partial charge in [-0.25, -0.2) is 0 Å². The molecule has 1 atom stereocenters. The van der Waals surface area contributed by atoms with Crippen molar-refractivity contribution >= 4 is 5.78 Å². The molecule has 1 unspecified atom stereocenters. The summed E-state index contributed by atoms with van der Waals surface area (Å²) in [4.78, 5) is 12.4. The molecule has 104 valence electrons. The highest BCUT2D eigenvalue weighted by Crippen LogP contribution is 2.29. The summed E-state index contributed by atoms with van der Waals surface area (Å²) >= 11 is 0. The fourth-order valence-corrected chi connectivity index (χ4v) is 2.87. The number of ether oxygens (including phenoxy) is 3. The number of hydrogen-bond acceptors (Lipinski definition) is 4. The van der Waals surface area contributed by atoms with Crippen LogP contribution in [0.1, 0.15) is 45.4 Å². The van der Waals surface area contributed by atoms with Crippen LogP contribution < -0.4 is 0 Å². The standard InChI is InChI=1S/C14H24O4/c1-2-18-14(7-10-16-11-8-14)13(15)6-5-12-4-3-9-17-12/h12H,2-11H2,1H3. The van der Waals surface area contributed by atoms with Crippen molar-refractivity contribution in [3.05, 3.63) is 0 Å². The summed E-state index contributed by atoms with van der Waals surface area (Å²) in [5.41, 5.74) is -0.578. The Hall–Kier alpha value is -0.450. The first kappa shape index (κ1) is 14.0. The smallest absolute Gasteiger partial charge is 0.164 e. The van der Waals surface area contributed by atoms with Crippen molar-refractivity contribution in [3.63, 3.8) is 0 Å². The predicted molar refractivity (Wildman–Crippen MR) is 67.6 cm³/mol. The third-order valence-corrected chi connectivity index (χ3v) is 3.95. The Morgan fingerprint density at radius 2 is 2.11 bits per heavy atom. The molecule has 4 heteroatoms. The zero-order valence-corrected chi connectivity index (χ0v) is 11.3. The van der Waals surface area contributed by atoms with Crippen LogP contribution in [0.3, 0.4) is 0 Å². The van der Waals surface area contributed by atoms with Gasteiger partial charge in [0.2, 0.25) is 0 Å². The van der Waals surface area contributed by atoms with Crippen molar-refractivity contribution in [1.82, 2.24) is 0 Å². The maximum Gasteiger partial charge on any atom is 0.164 e. The third-order valence-electron chi connectivity index (χ3n) is 3.95. The van der Waals surface area contributed by atoms with E-state index >= 15 is 0 Å². The maximum absolute atomic E-state index is 12.4. The van der Waals surface area contributed by atoms with Crippen molar-refractivity contribution in [2.75, 3.05) is 26.4 Å². The van der Waals surface area contributed by atoms with Gasteiger partial charge in [-0.2, -0.15) is 0 Å². The molecule has 0 spiro atoms. The molecule has 0 saturated carbocycles. The van der Waals surface area contributed by atoms with Crippen LogP contribution in [0.15, 0.2) is 0 Å². The topological polar surface area (TPSA) is 44.8 Å². The van der Waals surface area contributed by atoms with Gasteiger partial charge in [-0.1, -0.05) is 0 Å². The number of ketones is 1. The molecule has 18 heavy (non-hydrogen) atoms. The minimum absolute atomic E-state index is 0.239. The Kier molecular flexibility index (Phi) is 5.15. The minimum Gasteiger partial charge on any atom is -0.381 e. The van der Waals surface area contributed by atoms with Gasteiger partial charge in [0, 0.05) is 45.7 Å². The summed E-state index contributed by atoms with van der Waals surface area (Å²) in [7, 11) is 0. The Labute approximate surface area is 109 Å². The second-order valence-electron chi connectivity index (χ2n) is 5.14. The van der Waals surface area contributed by atoms with Gasteiger partial charge in [-0.15, -0.1) is 0 Å². The molecule has 0 aromatic heterocycles. The van der Waals surface area contributed by atoms with E-state index in [0.717, 1.165) is 25.9 Å². The number of Topliss-reactive ketones (excluding diaryl/α,β-unsaturated/α-hetero) is 1. The van der Waals surface area contributed by atoms with Crippen LogP contribution in [0.2, 0.25) is 0 Å². The van der Waals surface area contributed by atoms with Crippen molar-refractivity contribution in [2.45, 2.75) is 57.2 Å². The Morgan fingerprint density at radius 3 is 2.72 bits per heavy atom. The quantitative estimate of drug-likeness (QED) is 0.730. The number of carbonyl (C=O) groups is 1. The third kappa shape index (κ3) is 3.31. The summed E-state index contributed by atoms with van der Waals surface area (Å²) < 4.78 is 16.7. The molecule has 0 N–H and O–H groups in total. The van der Waals surface area contributed by atoms with Crippen molar-refractivity contribution in [3.8, 4) is 0 Å². The van der Waals surface area contributed by atoms with Crippen molar-refractivity contribution in [2.24, 2.45) is 0 Å². The van der Waals surface area contributed by atoms with Crippen molar-refractivity contribution < 1.29 is 19.0 Å². The number of rotatable bonds is 6. The fraction of sp³-hybridized carbons (Fsp3) is 0.929. The zero-order chi connectivity index (χ0) is 12.8. The van der Waals surface area contributed by atoms with Gasteiger partial charge in [0.15, 0.2) is 5.78 Å². The second kappa shape index (κ2) is 6.64. The molecular weight excluding hydrogens is 232 g/mol. The van der Waals surface area contributed by atoms with Gasteiger partial charge in [-0.05, 0) is 26.2 Å². The highest BCUT2D eigenvalue weighted by atomic mass is 16.5. The highest BCUT2D eigenvalue weighted by molar-refractivity contribution is 5.87. The Morgan fingerprint density at radius 1 is 1.33 bits per heavy atom. The lowest BCUT2D eigenvalue weighted by Gasteiger charge is -2.35. The van der Waals surface area contributed by atoms with E-state index in [2.05, 4.69) is 0 Å². The normalized spacial score (nSPS) is 27.3. The first-order chi connectivity index (χ1) is 8.77. The van der Waals surface area contributed by atoms with Crippen LogP contribution >= 0.6 is 0 Å². The maximum atomic E-state index is 12.4. The van der Waals surface area contributed by atoms with E-state index in [9.17, 15) is 4.79 Å². The Bertz CT molecular complexity index is 259. The molecule has 2 aliphatic rings. The molecule has 0 aromatic rings. The first-order valence-corrected chi connectivity index (χ1v) is 7.13. The molecule has 2 fully saturated rings. The molecule has 2 saturated heterocycles. The lowest BCUT2D eigenvalue weighted by molar-refractivity contribution is -0.158. The molecule has 0 aromatic carbocycles. The number of hydrogen-bond donors (Lipinski definition) is 0. The molecule has 2 rings (SSSR count). The van der Waals surface area contributed by atoms with Gasteiger partial charge in [0.05, 0.1) is 6.10 Å². The van der Waals surface area contributed by atoms with Crippen LogP contribution in [-0.4, -0.2) is 43.9 Å². The summed E-state index contributed by atoms with van der Waals surface area (Å²) in [6.45, 7) is 4.65. The average molecular weight is 256 g/mol. The van der Waals surface area contributed by atoms with Crippen LogP contribution in [0.4, 0.5) is 0 Å². The molecule has 4 nitrogen and oxygen atoms in total. The van der Waals surface area contributed by atoms with Gasteiger partial charge in [0.25, 0.3) is 0 Å². The summed E-state index contributed by atoms with van der Waals surface area (Å²) in [5, 5.41) is 0. The summed E-state index contributed by atoms with van der Waals surface area (Å²) in [6, 6.07) is 0. The average Bonchev–Trinajstić information content (AvgIpc) is 2.90. The van der Waals surface area contributed by atoms with E-state index in [1.54, 1.807) is 0 Å². The first-order valence-electron chi connectivity index (χ1n) is 7.13. The molecular formula is C14H24O4. The molecule has 2 aliphatic heterocycles. The van der Waals surface area contributed by atoms with Gasteiger partial charge >= 0.3 is 0 Å². The summed E-state index contributed by atoms with van der Waals surface area (Å²) in [5.74, 6) is 0.239. The van der Waals surface area contributed by atoms with E-state index in [1.165, 1.54) is 0 Å². The number of carbonyl (C=O) groups excluding carboxylic acids is 1. The molecule has 0 aliphatic carbocycles. The van der Waals surface area contributed by atoms with Crippen LogP contribution in [0.25, 0.3) is 0 Å². The molecule has 0 bridgehead atoms. The van der Waals surface area contributed by atoms with E-state index in [0.29, 0.717) is 39.1 Å². The molecule has 0 amide bonds. The van der Waals surface area contributed by atoms with Gasteiger partial charge in [0.1, 0.15) is 5.60 Å². The SMILES string of the molecule is CCOC1(C(=O)CCC2CCCO2)CCOCC1. The van der Waals surface area contributed by atoms with Crippen LogP contribution in [-0.2, 0) is 19.0 Å². The molecule has 2 heterocycles. The minimum atomic E-state index is -0.578.